The lowest BCUT2D eigenvalue weighted by molar-refractivity contribution is -0.385. The molecule has 7 nitrogen and oxygen atoms in total. The number of para-hydroxylation sites is 1. The van der Waals surface area contributed by atoms with Crippen LogP contribution in [0, 0.1) is 22.9 Å². The zero-order valence-corrected chi connectivity index (χ0v) is 15.6. The molecule has 1 amide bonds. The van der Waals surface area contributed by atoms with Gasteiger partial charge in [0.15, 0.2) is 11.3 Å². The van der Waals surface area contributed by atoms with Gasteiger partial charge >= 0.3 is 0 Å². The van der Waals surface area contributed by atoms with Crippen molar-refractivity contribution in [3.8, 4) is 5.75 Å². The first-order valence-corrected chi connectivity index (χ1v) is 8.72. The van der Waals surface area contributed by atoms with Gasteiger partial charge in [-0.15, -0.1) is 0 Å². The van der Waals surface area contributed by atoms with Gasteiger partial charge in [0.2, 0.25) is 0 Å². The fourth-order valence-electron chi connectivity index (χ4n) is 2.87. The maximum atomic E-state index is 14.0. The predicted octanol–water partition coefficient (Wildman–Crippen LogP) is 4.68. The Hall–Kier alpha value is -3.42. The van der Waals surface area contributed by atoms with Crippen molar-refractivity contribution in [2.45, 2.75) is 26.8 Å². The van der Waals surface area contributed by atoms with Gasteiger partial charge in [0, 0.05) is 17.0 Å². The summed E-state index contributed by atoms with van der Waals surface area (Å²) in [6, 6.07) is 8.76. The molecule has 0 radical (unpaired) electrons. The van der Waals surface area contributed by atoms with E-state index in [9.17, 15) is 19.3 Å². The van der Waals surface area contributed by atoms with Crippen molar-refractivity contribution in [3.63, 3.8) is 0 Å². The Labute approximate surface area is 160 Å². The van der Waals surface area contributed by atoms with Crippen molar-refractivity contribution >= 4 is 22.6 Å². The molecule has 1 N–H and O–H groups in total. The molecule has 146 valence electrons. The Kier molecular flexibility index (Phi) is 5.30. The number of amides is 1. The largest absolute Gasteiger partial charge is 0.490 e. The van der Waals surface area contributed by atoms with E-state index in [1.165, 1.54) is 6.92 Å². The molecule has 2 aromatic carbocycles. The number of fused-ring (bicyclic) bond motifs is 1. The molecule has 3 rings (SSSR count). The summed E-state index contributed by atoms with van der Waals surface area (Å²) < 4.78 is 25.3. The Morgan fingerprint density at radius 3 is 2.79 bits per heavy atom. The predicted molar refractivity (Wildman–Crippen MR) is 101 cm³/mol. The number of furan rings is 1. The van der Waals surface area contributed by atoms with Crippen LogP contribution in [0.2, 0.25) is 0 Å². The number of rotatable bonds is 6. The second-order valence-corrected chi connectivity index (χ2v) is 6.31. The van der Waals surface area contributed by atoms with Crippen LogP contribution >= 0.6 is 0 Å². The van der Waals surface area contributed by atoms with Gasteiger partial charge in [0.05, 0.1) is 23.1 Å². The molecule has 1 heterocycles. The average Bonchev–Trinajstić information content (AvgIpc) is 3.09. The van der Waals surface area contributed by atoms with E-state index < -0.39 is 28.4 Å². The molecular formula is C20H19FN2O5. The number of nitrogens with zero attached hydrogens (tertiary/aromatic N) is 1. The molecule has 0 aliphatic heterocycles. The number of halogens is 1. The molecule has 1 aromatic heterocycles. The van der Waals surface area contributed by atoms with Crippen LogP contribution in [0.1, 0.15) is 41.6 Å². The van der Waals surface area contributed by atoms with E-state index in [-0.39, 0.29) is 11.1 Å². The molecule has 1 unspecified atom stereocenters. The van der Waals surface area contributed by atoms with Crippen LogP contribution in [0.15, 0.2) is 40.8 Å². The molecule has 28 heavy (non-hydrogen) atoms. The molecule has 0 spiro atoms. The van der Waals surface area contributed by atoms with E-state index in [1.54, 1.807) is 19.1 Å². The van der Waals surface area contributed by atoms with E-state index in [0.29, 0.717) is 23.7 Å². The lowest BCUT2D eigenvalue weighted by atomic mass is 10.1. The maximum Gasteiger partial charge on any atom is 0.276 e. The molecular weight excluding hydrogens is 367 g/mol. The van der Waals surface area contributed by atoms with Crippen LogP contribution in [0.4, 0.5) is 10.1 Å². The Morgan fingerprint density at radius 1 is 1.36 bits per heavy atom. The van der Waals surface area contributed by atoms with Gasteiger partial charge in [0.1, 0.15) is 11.6 Å². The summed E-state index contributed by atoms with van der Waals surface area (Å²) in [6.07, 6.45) is 0. The van der Waals surface area contributed by atoms with E-state index in [2.05, 4.69) is 5.32 Å². The highest BCUT2D eigenvalue weighted by atomic mass is 19.1. The van der Waals surface area contributed by atoms with Gasteiger partial charge in [-0.25, -0.2) is 4.39 Å². The fraction of sp³-hybridized carbons (Fsp3) is 0.250. The summed E-state index contributed by atoms with van der Waals surface area (Å²) in [5, 5.41) is 14.6. The minimum absolute atomic E-state index is 0.115. The molecule has 0 aliphatic carbocycles. The second kappa shape index (κ2) is 7.67. The normalized spacial score (nSPS) is 12.0. The van der Waals surface area contributed by atoms with Crippen molar-refractivity contribution in [1.82, 2.24) is 5.32 Å². The molecule has 0 saturated carbocycles. The number of nitrogens with one attached hydrogen (secondary N) is 1. The quantitative estimate of drug-likeness (QED) is 0.490. The van der Waals surface area contributed by atoms with Gasteiger partial charge < -0.3 is 14.5 Å². The zero-order chi connectivity index (χ0) is 20.4. The Morgan fingerprint density at radius 2 is 2.11 bits per heavy atom. The maximum absolute atomic E-state index is 14.0. The number of hydrogen-bond acceptors (Lipinski definition) is 5. The molecule has 0 saturated heterocycles. The molecule has 0 bridgehead atoms. The van der Waals surface area contributed by atoms with E-state index in [0.717, 1.165) is 17.5 Å². The fourth-order valence-corrected chi connectivity index (χ4v) is 2.87. The average molecular weight is 386 g/mol. The monoisotopic (exact) mass is 386 g/mol. The second-order valence-electron chi connectivity index (χ2n) is 6.31. The van der Waals surface area contributed by atoms with Crippen LogP contribution in [0.3, 0.4) is 0 Å². The highest BCUT2D eigenvalue weighted by Gasteiger charge is 2.22. The van der Waals surface area contributed by atoms with E-state index in [1.807, 2.05) is 19.1 Å². The van der Waals surface area contributed by atoms with Crippen LogP contribution < -0.4 is 10.1 Å². The number of ether oxygens (including phenoxy) is 1. The molecule has 0 aliphatic rings. The summed E-state index contributed by atoms with van der Waals surface area (Å²) in [7, 11) is 0. The molecule has 8 heteroatoms. The van der Waals surface area contributed by atoms with Crippen molar-refractivity contribution in [3.05, 3.63) is 69.2 Å². The number of nitro groups is 1. The highest BCUT2D eigenvalue weighted by molar-refractivity contribution is 5.95. The van der Waals surface area contributed by atoms with Crippen LogP contribution in [-0.2, 0) is 0 Å². The third kappa shape index (κ3) is 3.66. The lowest BCUT2D eigenvalue weighted by Crippen LogP contribution is -2.26. The van der Waals surface area contributed by atoms with Gasteiger partial charge in [-0.2, -0.15) is 0 Å². The summed E-state index contributed by atoms with van der Waals surface area (Å²) in [4.78, 5) is 22.8. The van der Waals surface area contributed by atoms with Crippen LogP contribution in [0.5, 0.6) is 5.75 Å². The van der Waals surface area contributed by atoms with E-state index in [4.69, 9.17) is 9.15 Å². The van der Waals surface area contributed by atoms with Gasteiger partial charge in [-0.3, -0.25) is 14.9 Å². The van der Waals surface area contributed by atoms with E-state index >= 15 is 0 Å². The summed E-state index contributed by atoms with van der Waals surface area (Å²) >= 11 is 0. The third-order valence-corrected chi connectivity index (χ3v) is 4.38. The molecule has 0 fully saturated rings. The smallest absolute Gasteiger partial charge is 0.276 e. The minimum atomic E-state index is -0.808. The van der Waals surface area contributed by atoms with Crippen molar-refractivity contribution in [2.75, 3.05) is 6.61 Å². The number of carbonyl (C=O) groups is 1. The summed E-state index contributed by atoms with van der Waals surface area (Å²) in [5.41, 5.74) is -0.122. The summed E-state index contributed by atoms with van der Waals surface area (Å²) in [5.74, 6) is -0.365. The zero-order valence-electron chi connectivity index (χ0n) is 15.6. The standard InChI is InChI=1S/C20H19FN2O5/c1-4-27-17-7-5-6-13-10-18(28-19(13)17)12(3)22-20(24)14-8-15(21)11(2)16(9-14)23(25)26/h5-10,12H,4H2,1-3H3,(H,22,24). The van der Waals surface area contributed by atoms with Crippen LogP contribution in [0.25, 0.3) is 11.0 Å². The molecule has 1 atom stereocenters. The Balaban J connectivity index is 1.86. The first-order chi connectivity index (χ1) is 13.3. The Bertz CT molecular complexity index is 1060. The number of nitro benzene ring substituents is 1. The van der Waals surface area contributed by atoms with Crippen molar-refractivity contribution < 1.29 is 23.3 Å². The van der Waals surface area contributed by atoms with Crippen molar-refractivity contribution in [2.24, 2.45) is 0 Å². The molecule has 3 aromatic rings. The third-order valence-electron chi connectivity index (χ3n) is 4.38. The van der Waals surface area contributed by atoms with Gasteiger partial charge in [-0.05, 0) is 39.0 Å². The number of carbonyl (C=O) groups excluding carboxylic acids is 1. The van der Waals surface area contributed by atoms with Gasteiger partial charge in [0.25, 0.3) is 11.6 Å². The van der Waals surface area contributed by atoms with Gasteiger partial charge in [-0.1, -0.05) is 12.1 Å². The van der Waals surface area contributed by atoms with Crippen molar-refractivity contribution in [1.29, 1.82) is 0 Å². The highest BCUT2D eigenvalue weighted by Crippen LogP contribution is 2.31. The number of hydrogen-bond donors (Lipinski definition) is 1. The lowest BCUT2D eigenvalue weighted by Gasteiger charge is -2.12. The SMILES string of the molecule is CCOc1cccc2cc(C(C)NC(=O)c3cc(F)c(C)c([N+](=O)[O-])c3)oc12. The summed E-state index contributed by atoms with van der Waals surface area (Å²) in [6.45, 7) is 5.35. The first-order valence-electron chi connectivity index (χ1n) is 8.72. The van der Waals surface area contributed by atoms with Crippen LogP contribution in [-0.4, -0.2) is 17.4 Å². The first kappa shape index (κ1) is 19.3. The topological polar surface area (TPSA) is 94.6 Å². The minimum Gasteiger partial charge on any atom is -0.490 e. The number of benzene rings is 2.